The number of carbonyl (C=O) groups is 1. The number of thioether (sulfide) groups is 1. The van der Waals surface area contributed by atoms with Crippen molar-refractivity contribution in [3.05, 3.63) is 54.1 Å². The van der Waals surface area contributed by atoms with Crippen LogP contribution >= 0.6 is 11.8 Å². The van der Waals surface area contributed by atoms with Crippen LogP contribution in [-0.2, 0) is 0 Å². The van der Waals surface area contributed by atoms with E-state index >= 15 is 0 Å². The first kappa shape index (κ1) is 20.9. The standard InChI is InChI=1S/C21H22N2O5S/c1-3-19(25)14-4-10-18(11-5-14)27-12-16(24)13-29-21-23-22-20(28-21)15-6-8-17(26-2)9-7-15/h4-11,16,24H,3,12-13H2,1-2H3/t16-/m0/s1. The van der Waals surface area contributed by atoms with E-state index in [4.69, 9.17) is 13.9 Å². The number of rotatable bonds is 10. The van der Waals surface area contributed by atoms with Gasteiger partial charge in [-0.3, -0.25) is 4.79 Å². The third-order valence-electron chi connectivity index (χ3n) is 4.08. The van der Waals surface area contributed by atoms with E-state index < -0.39 is 6.10 Å². The van der Waals surface area contributed by atoms with Gasteiger partial charge in [0, 0.05) is 23.3 Å². The molecule has 1 atom stereocenters. The topological polar surface area (TPSA) is 94.7 Å². The highest BCUT2D eigenvalue weighted by Gasteiger charge is 2.13. The van der Waals surface area contributed by atoms with Gasteiger partial charge in [0.25, 0.3) is 5.22 Å². The molecule has 0 bridgehead atoms. The third kappa shape index (κ3) is 5.82. The Morgan fingerprint density at radius 2 is 1.79 bits per heavy atom. The zero-order chi connectivity index (χ0) is 20.6. The molecule has 0 saturated carbocycles. The zero-order valence-corrected chi connectivity index (χ0v) is 17.0. The summed E-state index contributed by atoms with van der Waals surface area (Å²) in [6.45, 7) is 1.94. The molecule has 29 heavy (non-hydrogen) atoms. The van der Waals surface area contributed by atoms with Crippen molar-refractivity contribution in [1.82, 2.24) is 10.2 Å². The third-order valence-corrected chi connectivity index (χ3v) is 5.05. The summed E-state index contributed by atoms with van der Waals surface area (Å²) in [6, 6.07) is 14.2. The van der Waals surface area contributed by atoms with Crippen LogP contribution in [0.3, 0.4) is 0 Å². The van der Waals surface area contributed by atoms with Crippen LogP contribution in [0.4, 0.5) is 0 Å². The maximum absolute atomic E-state index is 11.6. The van der Waals surface area contributed by atoms with Crippen LogP contribution in [0.5, 0.6) is 11.5 Å². The first-order valence-electron chi connectivity index (χ1n) is 9.14. The predicted octanol–water partition coefficient (Wildman–Crippen LogP) is 3.87. The summed E-state index contributed by atoms with van der Waals surface area (Å²) in [5.41, 5.74) is 1.44. The van der Waals surface area contributed by atoms with E-state index in [1.807, 2.05) is 31.2 Å². The van der Waals surface area contributed by atoms with Gasteiger partial charge in [0.1, 0.15) is 18.1 Å². The summed E-state index contributed by atoms with van der Waals surface area (Å²) < 4.78 is 16.3. The van der Waals surface area contributed by atoms with Gasteiger partial charge in [-0.15, -0.1) is 10.2 Å². The van der Waals surface area contributed by atoms with Gasteiger partial charge < -0.3 is 19.0 Å². The van der Waals surface area contributed by atoms with Crippen LogP contribution < -0.4 is 9.47 Å². The number of methoxy groups -OCH3 is 1. The number of benzene rings is 2. The van der Waals surface area contributed by atoms with Gasteiger partial charge in [0.2, 0.25) is 5.89 Å². The molecule has 2 aromatic carbocycles. The number of ether oxygens (including phenoxy) is 2. The highest BCUT2D eigenvalue weighted by atomic mass is 32.2. The molecule has 152 valence electrons. The molecule has 0 saturated heterocycles. The lowest BCUT2D eigenvalue weighted by atomic mass is 10.1. The second-order valence-electron chi connectivity index (χ2n) is 6.18. The number of Topliss-reactive ketones (excluding diaryl/α,β-unsaturated/α-hetero) is 1. The molecule has 3 aromatic rings. The summed E-state index contributed by atoms with van der Waals surface area (Å²) in [5.74, 6) is 2.18. The van der Waals surface area contributed by atoms with Crippen LogP contribution in [0.15, 0.2) is 58.2 Å². The van der Waals surface area contributed by atoms with Gasteiger partial charge in [-0.05, 0) is 48.5 Å². The van der Waals surface area contributed by atoms with Crippen molar-refractivity contribution in [2.75, 3.05) is 19.5 Å². The first-order chi connectivity index (χ1) is 14.1. The molecule has 0 fully saturated rings. The molecule has 0 radical (unpaired) electrons. The van der Waals surface area contributed by atoms with Crippen molar-refractivity contribution in [3.8, 4) is 23.0 Å². The summed E-state index contributed by atoms with van der Waals surface area (Å²) >= 11 is 1.26. The Balaban J connectivity index is 1.46. The first-order valence-corrected chi connectivity index (χ1v) is 10.1. The maximum atomic E-state index is 11.6. The summed E-state index contributed by atoms with van der Waals surface area (Å²) in [5, 5.41) is 18.5. The smallest absolute Gasteiger partial charge is 0.276 e. The molecule has 0 aliphatic heterocycles. The molecule has 3 rings (SSSR count). The molecule has 0 amide bonds. The molecule has 0 unspecified atom stereocenters. The number of aromatic nitrogens is 2. The molecule has 7 nitrogen and oxygen atoms in total. The Labute approximate surface area is 173 Å². The number of hydrogen-bond donors (Lipinski definition) is 1. The predicted molar refractivity (Wildman–Crippen MR) is 110 cm³/mol. The van der Waals surface area contributed by atoms with Crippen LogP contribution in [0.2, 0.25) is 0 Å². The highest BCUT2D eigenvalue weighted by molar-refractivity contribution is 7.99. The van der Waals surface area contributed by atoms with Crippen LogP contribution in [0, 0.1) is 0 Å². The molecule has 0 aliphatic rings. The SMILES string of the molecule is CCC(=O)c1ccc(OC[C@H](O)CSc2nnc(-c3ccc(OC)cc3)o2)cc1. The van der Waals surface area contributed by atoms with Crippen molar-refractivity contribution >= 4 is 17.5 Å². The highest BCUT2D eigenvalue weighted by Crippen LogP contribution is 2.25. The van der Waals surface area contributed by atoms with E-state index in [9.17, 15) is 9.90 Å². The minimum absolute atomic E-state index is 0.0848. The molecular weight excluding hydrogens is 392 g/mol. The molecule has 1 heterocycles. The van der Waals surface area contributed by atoms with E-state index in [0.717, 1.165) is 11.3 Å². The molecule has 1 aromatic heterocycles. The van der Waals surface area contributed by atoms with Gasteiger partial charge in [0.15, 0.2) is 5.78 Å². The maximum Gasteiger partial charge on any atom is 0.276 e. The summed E-state index contributed by atoms with van der Waals surface area (Å²) in [6.07, 6.45) is -0.250. The fourth-order valence-electron chi connectivity index (χ4n) is 2.47. The molecule has 0 aliphatic carbocycles. The Hall–Kier alpha value is -2.84. The van der Waals surface area contributed by atoms with Crippen molar-refractivity contribution in [2.24, 2.45) is 0 Å². The number of carbonyl (C=O) groups excluding carboxylic acids is 1. The number of hydrogen-bond acceptors (Lipinski definition) is 8. The van der Waals surface area contributed by atoms with Crippen molar-refractivity contribution in [1.29, 1.82) is 0 Å². The lowest BCUT2D eigenvalue weighted by Crippen LogP contribution is -2.20. The Morgan fingerprint density at radius 1 is 1.10 bits per heavy atom. The van der Waals surface area contributed by atoms with Crippen molar-refractivity contribution in [3.63, 3.8) is 0 Å². The fraction of sp³-hybridized carbons (Fsp3) is 0.286. The van der Waals surface area contributed by atoms with Gasteiger partial charge in [-0.2, -0.15) is 0 Å². The van der Waals surface area contributed by atoms with Crippen molar-refractivity contribution < 1.29 is 23.8 Å². The lowest BCUT2D eigenvalue weighted by Gasteiger charge is -2.11. The van der Waals surface area contributed by atoms with Gasteiger partial charge in [-0.1, -0.05) is 18.7 Å². The molecule has 1 N–H and O–H groups in total. The largest absolute Gasteiger partial charge is 0.497 e. The quantitative estimate of drug-likeness (QED) is 0.395. The van der Waals surface area contributed by atoms with Gasteiger partial charge >= 0.3 is 0 Å². The minimum atomic E-state index is -0.715. The Bertz CT molecular complexity index is 925. The number of ketones is 1. The second-order valence-corrected chi connectivity index (χ2v) is 7.15. The van der Waals surface area contributed by atoms with Crippen LogP contribution in [0.25, 0.3) is 11.5 Å². The molecule has 0 spiro atoms. The van der Waals surface area contributed by atoms with Crippen LogP contribution in [0.1, 0.15) is 23.7 Å². The second kappa shape index (κ2) is 10.1. The fourth-order valence-corrected chi connectivity index (χ4v) is 3.14. The van der Waals surface area contributed by atoms with Crippen molar-refractivity contribution in [2.45, 2.75) is 24.7 Å². The van der Waals surface area contributed by atoms with E-state index in [-0.39, 0.29) is 12.4 Å². The number of nitrogens with zero attached hydrogens (tertiary/aromatic N) is 2. The average Bonchev–Trinajstić information content (AvgIpc) is 3.25. The average molecular weight is 414 g/mol. The Morgan fingerprint density at radius 3 is 2.45 bits per heavy atom. The zero-order valence-electron chi connectivity index (χ0n) is 16.2. The van der Waals surface area contributed by atoms with Crippen LogP contribution in [-0.4, -0.2) is 46.7 Å². The minimum Gasteiger partial charge on any atom is -0.497 e. The molecule has 8 heteroatoms. The normalized spacial score (nSPS) is 11.8. The van der Waals surface area contributed by atoms with Gasteiger partial charge in [0.05, 0.1) is 13.2 Å². The van der Waals surface area contributed by atoms with E-state index in [1.165, 1.54) is 11.8 Å². The Kier molecular flexibility index (Phi) is 7.26. The van der Waals surface area contributed by atoms with E-state index in [0.29, 0.717) is 34.6 Å². The lowest BCUT2D eigenvalue weighted by molar-refractivity contribution is 0.0987. The number of aliphatic hydroxyl groups is 1. The van der Waals surface area contributed by atoms with E-state index in [2.05, 4.69) is 10.2 Å². The van der Waals surface area contributed by atoms with E-state index in [1.54, 1.807) is 31.4 Å². The number of aliphatic hydroxyl groups excluding tert-OH is 1. The summed E-state index contributed by atoms with van der Waals surface area (Å²) in [4.78, 5) is 11.6. The summed E-state index contributed by atoms with van der Waals surface area (Å²) in [7, 11) is 1.61. The monoisotopic (exact) mass is 414 g/mol. The molecular formula is C21H22N2O5S. The van der Waals surface area contributed by atoms with Gasteiger partial charge in [-0.25, -0.2) is 0 Å².